The Morgan fingerprint density at radius 3 is 2.59 bits per heavy atom. The molecule has 162 valence electrons. The summed E-state index contributed by atoms with van der Waals surface area (Å²) >= 11 is 3.34. The number of hydrogen-bond acceptors (Lipinski definition) is 6. The van der Waals surface area contributed by atoms with Crippen molar-refractivity contribution in [3.05, 3.63) is 87.4 Å². The first-order valence-corrected chi connectivity index (χ1v) is 10.3. The molecule has 0 unspecified atom stereocenters. The zero-order chi connectivity index (χ0) is 22.9. The molecule has 32 heavy (non-hydrogen) atoms. The summed E-state index contributed by atoms with van der Waals surface area (Å²) in [5.41, 5.74) is 5.02. The number of halogens is 1. The minimum absolute atomic E-state index is 0.295. The molecule has 3 aromatic rings. The lowest BCUT2D eigenvalue weighted by Gasteiger charge is -2.11. The van der Waals surface area contributed by atoms with Crippen LogP contribution >= 0.6 is 15.9 Å². The summed E-state index contributed by atoms with van der Waals surface area (Å²) in [5, 5.41) is 13.0. The molecular formula is C24H20BrN3O4. The van der Waals surface area contributed by atoms with Gasteiger partial charge in [-0.3, -0.25) is 4.79 Å². The summed E-state index contributed by atoms with van der Waals surface area (Å²) in [7, 11) is 3.04. The predicted octanol–water partition coefficient (Wildman–Crippen LogP) is 4.68. The molecule has 8 heteroatoms. The molecule has 7 nitrogen and oxygen atoms in total. The molecule has 0 heterocycles. The summed E-state index contributed by atoms with van der Waals surface area (Å²) in [6, 6.07) is 19.8. The smallest absolute Gasteiger partial charge is 0.275 e. The van der Waals surface area contributed by atoms with Gasteiger partial charge in [-0.15, -0.1) is 0 Å². The molecule has 0 aliphatic heterocycles. The summed E-state index contributed by atoms with van der Waals surface area (Å²) in [4.78, 5) is 12.4. The fourth-order valence-electron chi connectivity index (χ4n) is 2.86. The van der Waals surface area contributed by atoms with Crippen LogP contribution in [0.25, 0.3) is 0 Å². The van der Waals surface area contributed by atoms with E-state index in [1.165, 1.54) is 13.3 Å². The number of hydrogen-bond donors (Lipinski definition) is 1. The first-order valence-electron chi connectivity index (χ1n) is 9.51. The monoisotopic (exact) mass is 493 g/mol. The molecule has 0 saturated carbocycles. The molecule has 0 atom stereocenters. The van der Waals surface area contributed by atoms with Gasteiger partial charge in [0.05, 0.1) is 37.6 Å². The van der Waals surface area contributed by atoms with Gasteiger partial charge in [0, 0.05) is 4.47 Å². The maximum Gasteiger partial charge on any atom is 0.275 e. The van der Waals surface area contributed by atoms with Crippen LogP contribution in [0.15, 0.2) is 70.2 Å². The third kappa shape index (κ3) is 5.86. The topological polar surface area (TPSA) is 92.9 Å². The van der Waals surface area contributed by atoms with Crippen LogP contribution in [0.4, 0.5) is 0 Å². The number of hydrazone groups is 1. The lowest BCUT2D eigenvalue weighted by Crippen LogP contribution is -2.18. The lowest BCUT2D eigenvalue weighted by molar-refractivity contribution is 0.0952. The molecule has 0 aliphatic carbocycles. The Balaban J connectivity index is 1.66. The Labute approximate surface area is 194 Å². The van der Waals surface area contributed by atoms with Crippen molar-refractivity contribution in [2.24, 2.45) is 5.10 Å². The van der Waals surface area contributed by atoms with Crippen LogP contribution in [-0.4, -0.2) is 26.3 Å². The quantitative estimate of drug-likeness (QED) is 0.363. The van der Waals surface area contributed by atoms with E-state index in [9.17, 15) is 4.79 Å². The van der Waals surface area contributed by atoms with Crippen LogP contribution in [0, 0.1) is 11.3 Å². The van der Waals surface area contributed by atoms with Gasteiger partial charge in [-0.2, -0.15) is 10.4 Å². The maximum absolute atomic E-state index is 12.4. The van der Waals surface area contributed by atoms with Gasteiger partial charge in [-0.05, 0) is 59.7 Å². The second-order valence-electron chi connectivity index (χ2n) is 6.55. The first kappa shape index (κ1) is 22.8. The molecule has 3 rings (SSSR count). The number of rotatable bonds is 8. The molecule has 3 aromatic carbocycles. The number of benzene rings is 3. The van der Waals surface area contributed by atoms with E-state index >= 15 is 0 Å². The summed E-state index contributed by atoms with van der Waals surface area (Å²) in [6.07, 6.45) is 1.51. The molecular weight excluding hydrogens is 474 g/mol. The molecule has 0 spiro atoms. The number of nitriles is 1. The number of methoxy groups -OCH3 is 2. The summed E-state index contributed by atoms with van der Waals surface area (Å²) in [6.45, 7) is 0.295. The SMILES string of the molecule is COc1cc(/C=N\NC(=O)c2cc(Br)ccc2OC)ccc1OCc1cccc(C#N)c1. The van der Waals surface area contributed by atoms with Gasteiger partial charge < -0.3 is 14.2 Å². The minimum Gasteiger partial charge on any atom is -0.496 e. The Morgan fingerprint density at radius 1 is 1.06 bits per heavy atom. The third-order valence-electron chi connectivity index (χ3n) is 4.42. The molecule has 0 aromatic heterocycles. The number of ether oxygens (including phenoxy) is 3. The van der Waals surface area contributed by atoms with Crippen molar-refractivity contribution >= 4 is 28.1 Å². The zero-order valence-corrected chi connectivity index (χ0v) is 19.0. The van der Waals surface area contributed by atoms with Crippen LogP contribution in [0.5, 0.6) is 17.2 Å². The van der Waals surface area contributed by atoms with Crippen molar-refractivity contribution in [3.8, 4) is 23.3 Å². The van der Waals surface area contributed by atoms with Gasteiger partial charge in [0.2, 0.25) is 0 Å². The second kappa shape index (κ2) is 11.0. The Hall–Kier alpha value is -3.83. The van der Waals surface area contributed by atoms with Crippen molar-refractivity contribution in [2.75, 3.05) is 14.2 Å². The standard InChI is InChI=1S/C24H20BrN3O4/c1-30-21-9-7-19(25)12-20(21)24(29)28-27-14-17-6-8-22(23(11-17)31-2)32-15-18-5-3-4-16(10-18)13-26/h3-12,14H,15H2,1-2H3,(H,28,29)/b27-14-. The maximum atomic E-state index is 12.4. The molecule has 0 fully saturated rings. The highest BCUT2D eigenvalue weighted by molar-refractivity contribution is 9.10. The van der Waals surface area contributed by atoms with E-state index in [-0.39, 0.29) is 0 Å². The van der Waals surface area contributed by atoms with Crippen molar-refractivity contribution < 1.29 is 19.0 Å². The van der Waals surface area contributed by atoms with E-state index in [1.807, 2.05) is 12.1 Å². The van der Waals surface area contributed by atoms with Gasteiger partial charge in [-0.1, -0.05) is 28.1 Å². The van der Waals surface area contributed by atoms with E-state index < -0.39 is 5.91 Å². The van der Waals surface area contributed by atoms with Gasteiger partial charge in [0.25, 0.3) is 5.91 Å². The highest BCUT2D eigenvalue weighted by atomic mass is 79.9. The Bertz CT molecular complexity index is 1190. The van der Waals surface area contributed by atoms with E-state index in [1.54, 1.807) is 55.6 Å². The van der Waals surface area contributed by atoms with Crippen LogP contribution < -0.4 is 19.6 Å². The summed E-state index contributed by atoms with van der Waals surface area (Å²) in [5.74, 6) is 1.12. The molecule has 0 bridgehead atoms. The fourth-order valence-corrected chi connectivity index (χ4v) is 3.22. The van der Waals surface area contributed by atoms with Crippen molar-refractivity contribution in [2.45, 2.75) is 6.61 Å². The third-order valence-corrected chi connectivity index (χ3v) is 4.92. The lowest BCUT2D eigenvalue weighted by atomic mass is 10.1. The van der Waals surface area contributed by atoms with E-state index in [0.29, 0.717) is 40.5 Å². The first-order chi connectivity index (χ1) is 15.5. The molecule has 0 saturated heterocycles. The Kier molecular flexibility index (Phi) is 7.84. The average molecular weight is 494 g/mol. The van der Waals surface area contributed by atoms with Crippen molar-refractivity contribution in [1.82, 2.24) is 5.43 Å². The number of carbonyl (C=O) groups is 1. The minimum atomic E-state index is -0.397. The molecule has 0 aliphatic rings. The highest BCUT2D eigenvalue weighted by Gasteiger charge is 2.12. The Morgan fingerprint density at radius 2 is 1.84 bits per heavy atom. The van der Waals surface area contributed by atoms with Crippen molar-refractivity contribution in [1.29, 1.82) is 5.26 Å². The van der Waals surface area contributed by atoms with Gasteiger partial charge in [-0.25, -0.2) is 5.43 Å². The molecule has 0 radical (unpaired) electrons. The van der Waals surface area contributed by atoms with E-state index in [0.717, 1.165) is 10.0 Å². The van der Waals surface area contributed by atoms with Gasteiger partial charge in [0.15, 0.2) is 11.5 Å². The highest BCUT2D eigenvalue weighted by Crippen LogP contribution is 2.28. The average Bonchev–Trinajstić information content (AvgIpc) is 2.83. The van der Waals surface area contributed by atoms with Crippen LogP contribution in [0.1, 0.15) is 27.0 Å². The number of carbonyl (C=O) groups excluding carboxylic acids is 1. The van der Waals surface area contributed by atoms with Crippen LogP contribution in [0.3, 0.4) is 0 Å². The van der Waals surface area contributed by atoms with Crippen molar-refractivity contribution in [3.63, 3.8) is 0 Å². The fraction of sp³-hybridized carbons (Fsp3) is 0.125. The zero-order valence-electron chi connectivity index (χ0n) is 17.5. The van der Waals surface area contributed by atoms with Gasteiger partial charge >= 0.3 is 0 Å². The number of nitrogens with zero attached hydrogens (tertiary/aromatic N) is 2. The molecule has 1 amide bonds. The van der Waals surface area contributed by atoms with E-state index in [2.05, 4.69) is 32.5 Å². The van der Waals surface area contributed by atoms with Crippen LogP contribution in [-0.2, 0) is 6.61 Å². The molecule has 1 N–H and O–H groups in total. The summed E-state index contributed by atoms with van der Waals surface area (Å²) < 4.78 is 17.2. The van der Waals surface area contributed by atoms with Gasteiger partial charge in [0.1, 0.15) is 12.4 Å². The second-order valence-corrected chi connectivity index (χ2v) is 7.47. The largest absolute Gasteiger partial charge is 0.496 e. The number of nitrogens with one attached hydrogen (secondary N) is 1. The normalized spacial score (nSPS) is 10.4. The van der Waals surface area contributed by atoms with E-state index in [4.69, 9.17) is 19.5 Å². The van der Waals surface area contributed by atoms with Crippen LogP contribution in [0.2, 0.25) is 0 Å². The predicted molar refractivity (Wildman–Crippen MR) is 124 cm³/mol. The number of amides is 1.